The first kappa shape index (κ1) is 16.3. The Hall–Kier alpha value is -2.61. The molecular formula is C17H19N5O2. The number of H-pyrrole nitrogens is 1. The average molecular weight is 325 g/mol. The van der Waals surface area contributed by atoms with Crippen LogP contribution in [0.4, 0.5) is 0 Å². The van der Waals surface area contributed by atoms with Crippen molar-refractivity contribution in [2.45, 2.75) is 12.0 Å². The maximum Gasteiger partial charge on any atom is 0.205 e. The summed E-state index contributed by atoms with van der Waals surface area (Å²) in [4.78, 5) is 0. The van der Waals surface area contributed by atoms with Crippen molar-refractivity contribution >= 4 is 0 Å². The van der Waals surface area contributed by atoms with Crippen molar-refractivity contribution in [1.82, 2.24) is 20.6 Å². The van der Waals surface area contributed by atoms with E-state index in [1.165, 1.54) is 0 Å². The lowest BCUT2D eigenvalue weighted by Crippen LogP contribution is -2.49. The lowest BCUT2D eigenvalue weighted by Gasteiger charge is -2.24. The Morgan fingerprint density at radius 1 is 0.958 bits per heavy atom. The monoisotopic (exact) mass is 325 g/mol. The Labute approximate surface area is 139 Å². The number of aliphatic hydroxyl groups excluding tert-OH is 2. The third-order valence-corrected chi connectivity index (χ3v) is 3.96. The zero-order valence-corrected chi connectivity index (χ0v) is 13.1. The molecule has 7 nitrogen and oxygen atoms in total. The molecule has 0 aliphatic heterocycles. The van der Waals surface area contributed by atoms with E-state index >= 15 is 0 Å². The Morgan fingerprint density at radius 2 is 1.62 bits per heavy atom. The molecule has 1 heterocycles. The molecule has 0 atom stereocenters. The smallest absolute Gasteiger partial charge is 0.205 e. The maximum atomic E-state index is 9.31. The number of aromatic nitrogens is 4. The van der Waals surface area contributed by atoms with Crippen LogP contribution in [0.3, 0.4) is 0 Å². The molecule has 1 aromatic heterocycles. The molecule has 0 radical (unpaired) electrons. The lowest BCUT2D eigenvalue weighted by atomic mass is 9.92. The van der Waals surface area contributed by atoms with Gasteiger partial charge in [0, 0.05) is 5.56 Å². The van der Waals surface area contributed by atoms with Crippen LogP contribution in [0.5, 0.6) is 0 Å². The first-order valence-electron chi connectivity index (χ1n) is 7.58. The number of tetrazole rings is 1. The Morgan fingerprint density at radius 3 is 2.21 bits per heavy atom. The second kappa shape index (κ2) is 6.88. The molecule has 3 aromatic rings. The maximum absolute atomic E-state index is 9.31. The van der Waals surface area contributed by atoms with Gasteiger partial charge >= 0.3 is 0 Å². The third-order valence-electron chi connectivity index (χ3n) is 3.96. The van der Waals surface area contributed by atoms with E-state index in [1.807, 2.05) is 48.5 Å². The first-order chi connectivity index (χ1) is 11.6. The number of aromatic amines is 1. The minimum Gasteiger partial charge on any atom is -0.394 e. The fourth-order valence-electron chi connectivity index (χ4n) is 2.58. The third kappa shape index (κ3) is 3.33. The summed E-state index contributed by atoms with van der Waals surface area (Å²) < 4.78 is 0. The molecule has 0 spiro atoms. The van der Waals surface area contributed by atoms with Gasteiger partial charge in [-0.25, -0.2) is 0 Å². The highest BCUT2D eigenvalue weighted by molar-refractivity contribution is 5.80. The van der Waals surface area contributed by atoms with Crippen molar-refractivity contribution < 1.29 is 10.2 Å². The van der Waals surface area contributed by atoms with Gasteiger partial charge in [-0.15, -0.1) is 10.2 Å². The highest BCUT2D eigenvalue weighted by Gasteiger charge is 2.23. The molecule has 0 saturated heterocycles. The minimum atomic E-state index is -1.01. The van der Waals surface area contributed by atoms with Gasteiger partial charge in [0.2, 0.25) is 5.82 Å². The van der Waals surface area contributed by atoms with Crippen LogP contribution in [0, 0.1) is 0 Å². The van der Waals surface area contributed by atoms with Crippen LogP contribution in [-0.2, 0) is 6.42 Å². The van der Waals surface area contributed by atoms with Crippen LogP contribution in [0.2, 0.25) is 0 Å². The highest BCUT2D eigenvalue weighted by Crippen LogP contribution is 2.30. The second-order valence-corrected chi connectivity index (χ2v) is 5.83. The van der Waals surface area contributed by atoms with Crippen LogP contribution in [0.1, 0.15) is 5.56 Å². The Balaban J connectivity index is 1.90. The van der Waals surface area contributed by atoms with E-state index in [0.717, 1.165) is 22.3 Å². The van der Waals surface area contributed by atoms with Crippen molar-refractivity contribution in [2.24, 2.45) is 5.73 Å². The van der Waals surface area contributed by atoms with Crippen molar-refractivity contribution in [2.75, 3.05) is 13.2 Å². The summed E-state index contributed by atoms with van der Waals surface area (Å²) in [5, 5.41) is 32.8. The van der Waals surface area contributed by atoms with Crippen molar-refractivity contribution in [3.05, 3.63) is 54.1 Å². The predicted molar refractivity (Wildman–Crippen MR) is 89.8 cm³/mol. The highest BCUT2D eigenvalue weighted by atomic mass is 16.3. The standard InChI is InChI=1S/C17H19N5O2/c18-17(10-23,11-24)9-12-5-7-13(8-6-12)14-3-1-2-4-15(14)16-19-21-22-20-16/h1-8,23-24H,9-11,18H2,(H,19,20,21,22). The summed E-state index contributed by atoms with van der Waals surface area (Å²) in [5.74, 6) is 0.538. The number of nitrogens with two attached hydrogens (primary N) is 1. The number of hydrogen-bond donors (Lipinski definition) is 4. The summed E-state index contributed by atoms with van der Waals surface area (Å²) in [6.45, 7) is -0.544. The van der Waals surface area contributed by atoms with Crippen molar-refractivity contribution in [3.63, 3.8) is 0 Å². The molecule has 24 heavy (non-hydrogen) atoms. The number of nitrogens with one attached hydrogen (secondary N) is 1. The number of hydrogen-bond acceptors (Lipinski definition) is 6. The summed E-state index contributed by atoms with van der Waals surface area (Å²) in [7, 11) is 0. The molecule has 5 N–H and O–H groups in total. The van der Waals surface area contributed by atoms with Crippen LogP contribution in [0.15, 0.2) is 48.5 Å². The molecule has 0 unspecified atom stereocenters. The SMILES string of the molecule is NC(CO)(CO)Cc1ccc(-c2ccccc2-c2nn[nH]n2)cc1. The zero-order chi connectivity index (χ0) is 17.0. The van der Waals surface area contributed by atoms with Crippen molar-refractivity contribution in [1.29, 1.82) is 0 Å². The van der Waals surface area contributed by atoms with E-state index in [-0.39, 0.29) is 13.2 Å². The predicted octanol–water partition coefficient (Wildman–Crippen LogP) is 0.758. The van der Waals surface area contributed by atoms with Crippen LogP contribution < -0.4 is 5.73 Å². The van der Waals surface area contributed by atoms with Crippen molar-refractivity contribution in [3.8, 4) is 22.5 Å². The van der Waals surface area contributed by atoms with Gasteiger partial charge in [0.05, 0.1) is 18.8 Å². The molecule has 0 bridgehead atoms. The molecule has 2 aromatic carbocycles. The summed E-state index contributed by atoms with van der Waals surface area (Å²) in [5.41, 5.74) is 8.77. The van der Waals surface area contributed by atoms with E-state index in [9.17, 15) is 10.2 Å². The summed E-state index contributed by atoms with van der Waals surface area (Å²) in [6, 6.07) is 15.6. The lowest BCUT2D eigenvalue weighted by molar-refractivity contribution is 0.121. The van der Waals surface area contributed by atoms with E-state index in [1.54, 1.807) is 0 Å². The van der Waals surface area contributed by atoms with Gasteiger partial charge in [-0.3, -0.25) is 0 Å². The van der Waals surface area contributed by atoms with E-state index in [2.05, 4.69) is 20.6 Å². The molecule has 0 fully saturated rings. The Kier molecular flexibility index (Phi) is 4.66. The number of aliphatic hydroxyl groups is 2. The molecule has 0 aliphatic carbocycles. The molecule has 7 heteroatoms. The van der Waals surface area contributed by atoms with E-state index in [4.69, 9.17) is 5.73 Å². The van der Waals surface area contributed by atoms with Gasteiger partial charge < -0.3 is 15.9 Å². The number of rotatable bonds is 6. The molecule has 0 aliphatic rings. The zero-order valence-electron chi connectivity index (χ0n) is 13.1. The van der Waals surface area contributed by atoms with Gasteiger partial charge in [0.15, 0.2) is 0 Å². The molecule has 0 amide bonds. The van der Waals surface area contributed by atoms with Gasteiger partial charge in [0.1, 0.15) is 0 Å². The quantitative estimate of drug-likeness (QED) is 0.531. The molecule has 0 saturated carbocycles. The first-order valence-corrected chi connectivity index (χ1v) is 7.58. The fourth-order valence-corrected chi connectivity index (χ4v) is 2.58. The summed E-state index contributed by atoms with van der Waals surface area (Å²) >= 11 is 0. The summed E-state index contributed by atoms with van der Waals surface area (Å²) in [6.07, 6.45) is 0.396. The topological polar surface area (TPSA) is 121 Å². The van der Waals surface area contributed by atoms with E-state index in [0.29, 0.717) is 12.2 Å². The molecular weight excluding hydrogens is 306 g/mol. The van der Waals surface area contributed by atoms with Gasteiger partial charge in [-0.2, -0.15) is 5.21 Å². The average Bonchev–Trinajstić information content (AvgIpc) is 3.17. The number of nitrogens with zero attached hydrogens (tertiary/aromatic N) is 3. The minimum absolute atomic E-state index is 0.272. The van der Waals surface area contributed by atoms with Crippen LogP contribution >= 0.6 is 0 Å². The van der Waals surface area contributed by atoms with Gasteiger partial charge in [-0.05, 0) is 28.3 Å². The van der Waals surface area contributed by atoms with Gasteiger partial charge in [-0.1, -0.05) is 48.5 Å². The van der Waals surface area contributed by atoms with Gasteiger partial charge in [0.25, 0.3) is 0 Å². The van der Waals surface area contributed by atoms with Crippen LogP contribution in [-0.4, -0.2) is 49.6 Å². The fraction of sp³-hybridized carbons (Fsp3) is 0.235. The Bertz CT molecular complexity index is 783. The second-order valence-electron chi connectivity index (χ2n) is 5.83. The normalized spacial score (nSPS) is 11.6. The largest absolute Gasteiger partial charge is 0.394 e. The number of benzene rings is 2. The van der Waals surface area contributed by atoms with E-state index < -0.39 is 5.54 Å². The van der Waals surface area contributed by atoms with Crippen LogP contribution in [0.25, 0.3) is 22.5 Å². The molecule has 3 rings (SSSR count). The molecule has 124 valence electrons.